The van der Waals surface area contributed by atoms with Gasteiger partial charge in [-0.05, 0) is 67.9 Å². The van der Waals surface area contributed by atoms with Gasteiger partial charge in [-0.1, -0.05) is 18.2 Å². The molecule has 3 aliphatic rings. The summed E-state index contributed by atoms with van der Waals surface area (Å²) in [6.45, 7) is 0. The number of hydrogen-bond acceptors (Lipinski definition) is 3. The molecule has 1 N–H and O–H groups in total. The molecule has 1 unspecified atom stereocenters. The fourth-order valence-corrected chi connectivity index (χ4v) is 7.40. The Balaban J connectivity index is 1.41. The average molecular weight is 372 g/mol. The van der Waals surface area contributed by atoms with Gasteiger partial charge in [-0.3, -0.25) is 0 Å². The van der Waals surface area contributed by atoms with Gasteiger partial charge in [0.1, 0.15) is 5.82 Å². The predicted molar refractivity (Wildman–Crippen MR) is 101 cm³/mol. The second-order valence-electron chi connectivity index (χ2n) is 8.40. The molecule has 2 fully saturated rings. The molecular weight excluding hydrogens is 346 g/mol. The van der Waals surface area contributed by atoms with Crippen molar-refractivity contribution in [3.05, 3.63) is 48.0 Å². The number of para-hydroxylation sites is 1. The highest BCUT2D eigenvalue weighted by Crippen LogP contribution is 2.54. The second-order valence-corrected chi connectivity index (χ2v) is 10.2. The number of fused-ring (bicyclic) bond motifs is 5. The van der Waals surface area contributed by atoms with Gasteiger partial charge in [-0.15, -0.1) is 0 Å². The third-order valence-corrected chi connectivity index (χ3v) is 8.28. The van der Waals surface area contributed by atoms with Gasteiger partial charge in [0.25, 0.3) is 0 Å². The molecule has 138 valence electrons. The van der Waals surface area contributed by atoms with Gasteiger partial charge in [0.05, 0.1) is 11.8 Å². The minimum absolute atomic E-state index is 0.0274. The van der Waals surface area contributed by atoms with Crippen molar-refractivity contribution in [2.75, 3.05) is 5.75 Å². The van der Waals surface area contributed by atoms with Crippen LogP contribution in [0.5, 0.6) is 0 Å². The molecule has 0 amide bonds. The van der Waals surface area contributed by atoms with E-state index in [2.05, 4.69) is 21.8 Å². The number of benzene rings is 1. The van der Waals surface area contributed by atoms with E-state index in [1.807, 2.05) is 22.9 Å². The molecule has 5 rings (SSSR count). The normalized spacial score (nSPS) is 30.0. The van der Waals surface area contributed by atoms with E-state index < -0.39 is 10.0 Å². The summed E-state index contributed by atoms with van der Waals surface area (Å²) in [5.41, 5.74) is 2.37. The van der Waals surface area contributed by atoms with E-state index in [0.29, 0.717) is 0 Å². The highest BCUT2D eigenvalue weighted by Gasteiger charge is 2.47. The number of hydrogen-bond donors (Lipinski definition) is 1. The highest BCUT2D eigenvalue weighted by molar-refractivity contribution is 7.89. The Hall–Kier alpha value is -1.66. The van der Waals surface area contributed by atoms with E-state index in [-0.39, 0.29) is 17.2 Å². The molecule has 0 radical (unpaired) electrons. The maximum absolute atomic E-state index is 13.0. The Labute approximate surface area is 154 Å². The Morgan fingerprint density at radius 2 is 2.00 bits per heavy atom. The van der Waals surface area contributed by atoms with Crippen molar-refractivity contribution in [2.45, 2.75) is 51.0 Å². The molecule has 2 aliphatic carbocycles. The number of nitrogens with one attached hydrogen (secondary N) is 1. The Kier molecular flexibility index (Phi) is 3.76. The predicted octanol–water partition coefficient (Wildman–Crippen LogP) is 3.36. The highest BCUT2D eigenvalue weighted by atomic mass is 32.2. The number of aromatic nitrogens is 2. The van der Waals surface area contributed by atoms with Crippen LogP contribution in [0.15, 0.2) is 36.7 Å². The first-order valence-corrected chi connectivity index (χ1v) is 11.3. The lowest BCUT2D eigenvalue weighted by atomic mass is 9.87. The topological polar surface area (TPSA) is 64.0 Å². The molecule has 0 saturated heterocycles. The molecule has 6 heteroatoms. The van der Waals surface area contributed by atoms with Crippen molar-refractivity contribution < 1.29 is 8.42 Å². The van der Waals surface area contributed by atoms with Gasteiger partial charge in [-0.25, -0.2) is 18.1 Å². The maximum atomic E-state index is 13.0. The summed E-state index contributed by atoms with van der Waals surface area (Å²) in [6, 6.07) is 7.98. The van der Waals surface area contributed by atoms with E-state index in [4.69, 9.17) is 0 Å². The van der Waals surface area contributed by atoms with Gasteiger partial charge in [0.2, 0.25) is 10.0 Å². The molecule has 1 aliphatic heterocycles. The summed E-state index contributed by atoms with van der Waals surface area (Å²) in [5, 5.41) is 0. The molecule has 1 aromatic heterocycles. The van der Waals surface area contributed by atoms with Crippen LogP contribution < -0.4 is 4.72 Å². The lowest BCUT2D eigenvalue weighted by Gasteiger charge is -2.27. The zero-order valence-electron chi connectivity index (χ0n) is 14.9. The van der Waals surface area contributed by atoms with Crippen molar-refractivity contribution in [2.24, 2.45) is 11.3 Å². The van der Waals surface area contributed by atoms with Crippen molar-refractivity contribution in [3.8, 4) is 5.69 Å². The zero-order chi connectivity index (χ0) is 17.8. The van der Waals surface area contributed by atoms with Gasteiger partial charge in [-0.2, -0.15) is 0 Å². The fraction of sp³-hybridized carbons (Fsp3) is 0.550. The zero-order valence-corrected chi connectivity index (χ0v) is 15.7. The SMILES string of the molecule is O=S(=O)(CC12CCC(CC1)C2)NC1CCc2ccccc2-n2ccnc21. The Bertz CT molecular complexity index is 926. The smallest absolute Gasteiger partial charge is 0.212 e. The quantitative estimate of drug-likeness (QED) is 0.896. The largest absolute Gasteiger partial charge is 0.302 e. The van der Waals surface area contributed by atoms with Crippen LogP contribution >= 0.6 is 0 Å². The molecule has 0 spiro atoms. The van der Waals surface area contributed by atoms with Gasteiger partial charge in [0, 0.05) is 18.1 Å². The molecule has 26 heavy (non-hydrogen) atoms. The van der Waals surface area contributed by atoms with Crippen LogP contribution in [0.1, 0.15) is 56.0 Å². The van der Waals surface area contributed by atoms with Crippen molar-refractivity contribution in [3.63, 3.8) is 0 Å². The van der Waals surface area contributed by atoms with Crippen molar-refractivity contribution in [1.82, 2.24) is 14.3 Å². The molecule has 2 aromatic rings. The first-order chi connectivity index (χ1) is 12.5. The molecule has 2 heterocycles. The minimum Gasteiger partial charge on any atom is -0.302 e. The summed E-state index contributed by atoms with van der Waals surface area (Å²) >= 11 is 0. The van der Waals surface area contributed by atoms with Crippen LogP contribution in [0.4, 0.5) is 0 Å². The summed E-state index contributed by atoms with van der Waals surface area (Å²) in [4.78, 5) is 4.49. The van der Waals surface area contributed by atoms with E-state index in [1.54, 1.807) is 6.20 Å². The van der Waals surface area contributed by atoms with Crippen molar-refractivity contribution >= 4 is 10.0 Å². The summed E-state index contributed by atoms with van der Waals surface area (Å²) < 4.78 is 31.1. The van der Waals surface area contributed by atoms with Crippen LogP contribution in [0.2, 0.25) is 0 Å². The number of imidazole rings is 1. The van der Waals surface area contributed by atoms with E-state index in [0.717, 1.165) is 49.5 Å². The Morgan fingerprint density at radius 1 is 1.19 bits per heavy atom. The van der Waals surface area contributed by atoms with Crippen LogP contribution in [-0.4, -0.2) is 23.7 Å². The summed E-state index contributed by atoms with van der Waals surface area (Å²) in [6.07, 6.45) is 10.9. The molecule has 2 saturated carbocycles. The van der Waals surface area contributed by atoms with Crippen LogP contribution in [0.25, 0.3) is 5.69 Å². The van der Waals surface area contributed by atoms with Crippen LogP contribution in [0, 0.1) is 11.3 Å². The molecule has 2 bridgehead atoms. The minimum atomic E-state index is -3.34. The van der Waals surface area contributed by atoms with Crippen molar-refractivity contribution in [1.29, 1.82) is 0 Å². The number of rotatable bonds is 4. The third-order valence-electron chi connectivity index (χ3n) is 6.64. The van der Waals surface area contributed by atoms with Gasteiger partial charge >= 0.3 is 0 Å². The maximum Gasteiger partial charge on any atom is 0.212 e. The summed E-state index contributed by atoms with van der Waals surface area (Å²) in [5.74, 6) is 1.84. The van der Waals surface area contributed by atoms with E-state index in [1.165, 1.54) is 18.4 Å². The average Bonchev–Trinajstić information content (AvgIpc) is 3.31. The van der Waals surface area contributed by atoms with Crippen LogP contribution in [0.3, 0.4) is 0 Å². The molecular formula is C20H25N3O2S. The number of aryl methyl sites for hydroxylation is 1. The van der Waals surface area contributed by atoms with E-state index in [9.17, 15) is 8.42 Å². The molecule has 5 nitrogen and oxygen atoms in total. The number of nitrogens with zero attached hydrogens (tertiary/aromatic N) is 2. The summed E-state index contributed by atoms with van der Waals surface area (Å²) in [7, 11) is -3.34. The molecule has 1 atom stereocenters. The second kappa shape index (κ2) is 5.92. The monoisotopic (exact) mass is 371 g/mol. The van der Waals surface area contributed by atoms with E-state index >= 15 is 0 Å². The first kappa shape index (κ1) is 16.5. The lowest BCUT2D eigenvalue weighted by Crippen LogP contribution is -2.37. The van der Waals surface area contributed by atoms with Gasteiger partial charge in [0.15, 0.2) is 0 Å². The third kappa shape index (κ3) is 2.79. The first-order valence-electron chi connectivity index (χ1n) is 9.65. The van der Waals surface area contributed by atoms with Gasteiger partial charge < -0.3 is 4.57 Å². The fourth-order valence-electron chi connectivity index (χ4n) is 5.45. The molecule has 1 aromatic carbocycles. The standard InChI is InChI=1S/C20H25N3O2S/c24-26(25,14-20-9-7-15(13-20)8-10-20)22-17-6-5-16-3-1-2-4-18(16)23-12-11-21-19(17)23/h1-4,11-12,15,17,22H,5-10,13-14H2. The lowest BCUT2D eigenvalue weighted by molar-refractivity contribution is 0.331. The van der Waals surface area contributed by atoms with Crippen LogP contribution in [-0.2, 0) is 16.4 Å². The Morgan fingerprint density at radius 3 is 2.77 bits per heavy atom. The number of sulfonamides is 1.